The van der Waals surface area contributed by atoms with Crippen molar-refractivity contribution in [1.82, 2.24) is 19.8 Å². The molecule has 144 valence electrons. The molecule has 2 aromatic rings. The summed E-state index contributed by atoms with van der Waals surface area (Å²) in [4.78, 5) is 25.1. The Morgan fingerprint density at radius 1 is 1.11 bits per heavy atom. The number of benzene rings is 1. The number of aromatic nitrogens is 2. The van der Waals surface area contributed by atoms with Crippen LogP contribution in [0.5, 0.6) is 0 Å². The number of piperidine rings is 1. The van der Waals surface area contributed by atoms with Crippen LogP contribution in [0.3, 0.4) is 0 Å². The molecular weight excluding hydrogens is 347 g/mol. The van der Waals surface area contributed by atoms with Gasteiger partial charge in [-0.1, -0.05) is 6.42 Å². The Bertz CT molecular complexity index is 810. The van der Waals surface area contributed by atoms with E-state index in [1.165, 1.54) is 43.8 Å². The summed E-state index contributed by atoms with van der Waals surface area (Å²) in [5.41, 5.74) is 1.03. The summed E-state index contributed by atoms with van der Waals surface area (Å²) in [6, 6.07) is 2.77. The number of fused-ring (bicyclic) bond motifs is 1. The highest BCUT2D eigenvalue weighted by Gasteiger charge is 2.29. The van der Waals surface area contributed by atoms with E-state index >= 15 is 0 Å². The highest BCUT2D eigenvalue weighted by Crippen LogP contribution is 2.21. The van der Waals surface area contributed by atoms with Gasteiger partial charge in [-0.05, 0) is 38.4 Å². The Hall–Kier alpha value is -2.12. The molecule has 1 aromatic heterocycles. The molecule has 1 atom stereocenters. The summed E-state index contributed by atoms with van der Waals surface area (Å²) in [5.74, 6) is -0.857. The summed E-state index contributed by atoms with van der Waals surface area (Å²) in [5, 5.41) is 0. The van der Waals surface area contributed by atoms with E-state index < -0.39 is 5.82 Å². The molecule has 27 heavy (non-hydrogen) atoms. The molecule has 1 amide bonds. The van der Waals surface area contributed by atoms with Crippen LogP contribution in [0.15, 0.2) is 24.5 Å². The van der Waals surface area contributed by atoms with Crippen LogP contribution in [-0.2, 0) is 4.74 Å². The van der Waals surface area contributed by atoms with Crippen molar-refractivity contribution in [1.29, 1.82) is 0 Å². The third-order valence-corrected chi connectivity index (χ3v) is 5.43. The van der Waals surface area contributed by atoms with E-state index in [-0.39, 0.29) is 17.6 Å². The Morgan fingerprint density at radius 3 is 2.63 bits per heavy atom. The normalized spacial score (nSPS) is 21.1. The van der Waals surface area contributed by atoms with Gasteiger partial charge in [-0.25, -0.2) is 4.39 Å². The van der Waals surface area contributed by atoms with Crippen molar-refractivity contribution in [2.24, 2.45) is 0 Å². The maximum absolute atomic E-state index is 14.4. The lowest BCUT2D eigenvalue weighted by molar-refractivity contribution is 0.0378. The number of rotatable bonds is 5. The number of ether oxygens (including phenoxy) is 1. The van der Waals surface area contributed by atoms with Gasteiger partial charge >= 0.3 is 0 Å². The van der Waals surface area contributed by atoms with Crippen molar-refractivity contribution in [3.8, 4) is 0 Å². The lowest BCUT2D eigenvalue weighted by Gasteiger charge is -2.26. The van der Waals surface area contributed by atoms with Crippen LogP contribution < -0.4 is 0 Å². The highest BCUT2D eigenvalue weighted by molar-refractivity contribution is 5.97. The van der Waals surface area contributed by atoms with Gasteiger partial charge in [0.05, 0.1) is 29.3 Å². The zero-order valence-corrected chi connectivity index (χ0v) is 15.4. The number of hydrogen-bond donors (Lipinski definition) is 0. The average Bonchev–Trinajstić information content (AvgIpc) is 3.17. The molecule has 2 aliphatic rings. The van der Waals surface area contributed by atoms with Gasteiger partial charge in [-0.15, -0.1) is 0 Å². The van der Waals surface area contributed by atoms with Crippen molar-refractivity contribution in [2.75, 3.05) is 39.3 Å². The first-order valence-electron chi connectivity index (χ1n) is 9.74. The molecule has 0 aliphatic carbocycles. The number of amides is 1. The molecule has 1 aromatic carbocycles. The van der Waals surface area contributed by atoms with E-state index in [1.54, 1.807) is 4.90 Å². The fraction of sp³-hybridized carbons (Fsp3) is 0.550. The van der Waals surface area contributed by atoms with Crippen molar-refractivity contribution in [3.63, 3.8) is 0 Å². The first-order valence-corrected chi connectivity index (χ1v) is 9.74. The van der Waals surface area contributed by atoms with Gasteiger partial charge in [0.15, 0.2) is 0 Å². The minimum atomic E-state index is -0.553. The quantitative estimate of drug-likeness (QED) is 0.807. The molecule has 0 spiro atoms. The molecule has 4 rings (SSSR count). The van der Waals surface area contributed by atoms with Gasteiger partial charge in [0.1, 0.15) is 5.82 Å². The summed E-state index contributed by atoms with van der Waals surface area (Å²) < 4.78 is 20.3. The second-order valence-electron chi connectivity index (χ2n) is 7.31. The van der Waals surface area contributed by atoms with Crippen LogP contribution in [0.4, 0.5) is 4.39 Å². The molecule has 0 bridgehead atoms. The van der Waals surface area contributed by atoms with Crippen LogP contribution in [0.1, 0.15) is 36.0 Å². The molecule has 1 unspecified atom stereocenters. The Morgan fingerprint density at radius 2 is 1.85 bits per heavy atom. The number of hydrogen-bond acceptors (Lipinski definition) is 5. The van der Waals surface area contributed by atoms with Crippen molar-refractivity contribution in [2.45, 2.75) is 31.8 Å². The lowest BCUT2D eigenvalue weighted by Crippen LogP contribution is -2.34. The number of likely N-dealkylation sites (tertiary alicyclic amines) is 2. The zero-order chi connectivity index (χ0) is 18.6. The van der Waals surface area contributed by atoms with Gasteiger partial charge in [0, 0.05) is 38.1 Å². The maximum Gasteiger partial charge on any atom is 0.257 e. The second kappa shape index (κ2) is 8.27. The number of carbonyl (C=O) groups excluding carboxylic acids is 1. The van der Waals surface area contributed by atoms with Crippen LogP contribution >= 0.6 is 0 Å². The first-order chi connectivity index (χ1) is 13.2. The summed E-state index contributed by atoms with van der Waals surface area (Å²) >= 11 is 0. The molecule has 0 N–H and O–H groups in total. The molecule has 2 fully saturated rings. The van der Waals surface area contributed by atoms with Crippen LogP contribution in [0, 0.1) is 5.82 Å². The van der Waals surface area contributed by atoms with Crippen molar-refractivity contribution in [3.05, 3.63) is 35.9 Å². The molecule has 0 radical (unpaired) electrons. The summed E-state index contributed by atoms with van der Waals surface area (Å²) in [7, 11) is 0. The molecule has 2 saturated heterocycles. The topological polar surface area (TPSA) is 58.6 Å². The highest BCUT2D eigenvalue weighted by atomic mass is 19.1. The minimum absolute atomic E-state index is 0.0297. The first kappa shape index (κ1) is 18.3. The number of nitrogens with zero attached hydrogens (tertiary/aromatic N) is 4. The zero-order valence-electron chi connectivity index (χ0n) is 15.4. The molecule has 6 nitrogen and oxygen atoms in total. The fourth-order valence-electron chi connectivity index (χ4n) is 3.90. The summed E-state index contributed by atoms with van der Waals surface area (Å²) in [6.07, 6.45) is 7.74. The molecule has 0 saturated carbocycles. The Balaban J connectivity index is 1.33. The van der Waals surface area contributed by atoms with Crippen molar-refractivity contribution < 1.29 is 13.9 Å². The smallest absolute Gasteiger partial charge is 0.257 e. The minimum Gasteiger partial charge on any atom is -0.375 e. The molecule has 3 heterocycles. The monoisotopic (exact) mass is 372 g/mol. The predicted octanol–water partition coefficient (Wildman–Crippen LogP) is 2.49. The van der Waals surface area contributed by atoms with E-state index in [9.17, 15) is 9.18 Å². The fourth-order valence-corrected chi connectivity index (χ4v) is 3.90. The third-order valence-electron chi connectivity index (χ3n) is 5.43. The predicted molar refractivity (Wildman–Crippen MR) is 100 cm³/mol. The molecule has 7 heteroatoms. The van der Waals surface area contributed by atoms with E-state index in [2.05, 4.69) is 14.9 Å². The molecular formula is C20H25FN4O2. The van der Waals surface area contributed by atoms with Gasteiger partial charge < -0.3 is 14.5 Å². The Labute approximate surface area is 158 Å². The number of carbonyl (C=O) groups is 1. The van der Waals surface area contributed by atoms with Gasteiger partial charge in [-0.3, -0.25) is 14.8 Å². The SMILES string of the molecule is O=C(c1cc2nccnc2cc1F)N1CCC(OCCN2CCCCC2)C1. The lowest BCUT2D eigenvalue weighted by atomic mass is 10.1. The van der Waals surface area contributed by atoms with Crippen LogP contribution in [0.25, 0.3) is 11.0 Å². The molecule has 2 aliphatic heterocycles. The van der Waals surface area contributed by atoms with E-state index in [4.69, 9.17) is 4.74 Å². The average molecular weight is 372 g/mol. The standard InChI is InChI=1S/C20H25FN4O2/c21-17-13-19-18(22-5-6-23-19)12-16(17)20(26)25-9-4-15(14-25)27-11-10-24-7-2-1-3-8-24/h5-6,12-13,15H,1-4,7-11,14H2. The maximum atomic E-state index is 14.4. The summed E-state index contributed by atoms with van der Waals surface area (Å²) in [6.45, 7) is 5.04. The van der Waals surface area contributed by atoms with Gasteiger partial charge in [0.25, 0.3) is 5.91 Å². The largest absolute Gasteiger partial charge is 0.375 e. The van der Waals surface area contributed by atoms with E-state index in [1.807, 2.05) is 0 Å². The number of halogens is 1. The van der Waals surface area contributed by atoms with E-state index in [0.29, 0.717) is 30.7 Å². The van der Waals surface area contributed by atoms with Crippen LogP contribution in [0.2, 0.25) is 0 Å². The second-order valence-corrected chi connectivity index (χ2v) is 7.31. The van der Waals surface area contributed by atoms with Crippen LogP contribution in [-0.4, -0.2) is 71.1 Å². The Kier molecular flexibility index (Phi) is 5.59. The van der Waals surface area contributed by atoms with Crippen molar-refractivity contribution >= 4 is 16.9 Å². The van der Waals surface area contributed by atoms with E-state index in [0.717, 1.165) is 26.1 Å². The van der Waals surface area contributed by atoms with Gasteiger partial charge in [-0.2, -0.15) is 0 Å². The van der Waals surface area contributed by atoms with Gasteiger partial charge in [0.2, 0.25) is 0 Å². The third kappa shape index (κ3) is 4.25.